The van der Waals surface area contributed by atoms with Crippen LogP contribution in [0.25, 0.3) is 11.4 Å². The first kappa shape index (κ1) is 21.7. The molecule has 12 heteroatoms. The molecule has 0 saturated heterocycles. The Labute approximate surface area is 167 Å². The minimum atomic E-state index is -3.62. The van der Waals surface area contributed by atoms with Gasteiger partial charge in [0.15, 0.2) is 5.82 Å². The standard InChI is InChI=1S/C16H21N7O3S2/c1-3-22(4-2)28(25,26)13-7-5-6-12(10-13)15-20-21-16(23(15)18)27-11-14(24)19-9-8-17/h5-7,10H,3-4,9,11,18H2,1-2H3,(H,19,24). The summed E-state index contributed by atoms with van der Waals surface area (Å²) in [6.07, 6.45) is 0. The fourth-order valence-electron chi connectivity index (χ4n) is 2.40. The highest BCUT2D eigenvalue weighted by atomic mass is 32.2. The number of sulfonamides is 1. The van der Waals surface area contributed by atoms with Crippen molar-refractivity contribution in [2.24, 2.45) is 0 Å². The molecule has 0 bridgehead atoms. The summed E-state index contributed by atoms with van der Waals surface area (Å²) in [5, 5.41) is 19.1. The zero-order valence-corrected chi connectivity index (χ0v) is 17.1. The molecule has 2 rings (SSSR count). The van der Waals surface area contributed by atoms with Gasteiger partial charge in [0.05, 0.1) is 16.7 Å². The Morgan fingerprint density at radius 2 is 2.07 bits per heavy atom. The third-order valence-corrected chi connectivity index (χ3v) is 6.79. The first-order valence-electron chi connectivity index (χ1n) is 8.42. The maximum Gasteiger partial charge on any atom is 0.243 e. The molecule has 0 radical (unpaired) electrons. The van der Waals surface area contributed by atoms with Crippen LogP contribution < -0.4 is 11.2 Å². The highest BCUT2D eigenvalue weighted by Crippen LogP contribution is 2.25. The number of benzene rings is 1. The third kappa shape index (κ3) is 4.80. The van der Waals surface area contributed by atoms with Crippen molar-refractivity contribution in [1.82, 2.24) is 24.5 Å². The van der Waals surface area contributed by atoms with Gasteiger partial charge in [0.1, 0.15) is 6.54 Å². The van der Waals surface area contributed by atoms with Gasteiger partial charge < -0.3 is 11.2 Å². The second-order valence-corrected chi connectivity index (χ2v) is 8.40. The first-order chi connectivity index (χ1) is 13.3. The molecular weight excluding hydrogens is 402 g/mol. The van der Waals surface area contributed by atoms with Crippen LogP contribution in [0.1, 0.15) is 13.8 Å². The Bertz CT molecular complexity index is 978. The summed E-state index contributed by atoms with van der Waals surface area (Å²) < 4.78 is 28.0. The summed E-state index contributed by atoms with van der Waals surface area (Å²) in [6.45, 7) is 4.21. The highest BCUT2D eigenvalue weighted by molar-refractivity contribution is 7.99. The second-order valence-electron chi connectivity index (χ2n) is 5.52. The van der Waals surface area contributed by atoms with Crippen LogP contribution in [0.15, 0.2) is 34.3 Å². The van der Waals surface area contributed by atoms with Crippen molar-refractivity contribution < 1.29 is 13.2 Å². The highest BCUT2D eigenvalue weighted by Gasteiger charge is 2.23. The topological polar surface area (TPSA) is 147 Å². The van der Waals surface area contributed by atoms with Crippen molar-refractivity contribution in [3.8, 4) is 17.5 Å². The Morgan fingerprint density at radius 1 is 1.36 bits per heavy atom. The van der Waals surface area contributed by atoms with Gasteiger partial charge in [-0.2, -0.15) is 9.57 Å². The Balaban J connectivity index is 2.25. The molecule has 28 heavy (non-hydrogen) atoms. The maximum absolute atomic E-state index is 12.7. The molecule has 0 saturated carbocycles. The molecule has 0 atom stereocenters. The second kappa shape index (κ2) is 9.54. The minimum absolute atomic E-state index is 0.0212. The average Bonchev–Trinajstić information content (AvgIpc) is 3.06. The van der Waals surface area contributed by atoms with E-state index in [0.29, 0.717) is 23.8 Å². The molecule has 0 aliphatic carbocycles. The van der Waals surface area contributed by atoms with Gasteiger partial charge in [0.25, 0.3) is 0 Å². The number of nitriles is 1. The number of nitrogens with two attached hydrogens (primary N) is 1. The van der Waals surface area contributed by atoms with Crippen LogP contribution in [0.5, 0.6) is 0 Å². The molecule has 10 nitrogen and oxygen atoms in total. The van der Waals surface area contributed by atoms with Crippen LogP contribution >= 0.6 is 11.8 Å². The first-order valence-corrected chi connectivity index (χ1v) is 10.8. The molecule has 0 spiro atoms. The number of amides is 1. The third-order valence-electron chi connectivity index (χ3n) is 3.80. The lowest BCUT2D eigenvalue weighted by Gasteiger charge is -2.18. The van der Waals surface area contributed by atoms with E-state index in [9.17, 15) is 13.2 Å². The molecule has 1 amide bonds. The number of nitrogen functional groups attached to an aromatic ring is 1. The van der Waals surface area contributed by atoms with E-state index in [2.05, 4.69) is 15.5 Å². The van der Waals surface area contributed by atoms with E-state index in [1.165, 1.54) is 21.1 Å². The van der Waals surface area contributed by atoms with Crippen molar-refractivity contribution in [3.05, 3.63) is 24.3 Å². The molecule has 0 aliphatic rings. The Morgan fingerprint density at radius 3 is 2.71 bits per heavy atom. The normalized spacial score (nSPS) is 11.4. The molecule has 1 aromatic carbocycles. The summed E-state index contributed by atoms with van der Waals surface area (Å²) in [6, 6.07) is 8.13. The molecular formula is C16H21N7O3S2. The molecule has 0 fully saturated rings. The van der Waals surface area contributed by atoms with Gasteiger partial charge in [0.2, 0.25) is 21.1 Å². The van der Waals surface area contributed by atoms with E-state index < -0.39 is 10.0 Å². The smallest absolute Gasteiger partial charge is 0.243 e. The number of hydrogen-bond donors (Lipinski definition) is 2. The number of hydrogen-bond acceptors (Lipinski definition) is 8. The van der Waals surface area contributed by atoms with Gasteiger partial charge >= 0.3 is 0 Å². The van der Waals surface area contributed by atoms with Gasteiger partial charge in [0, 0.05) is 18.7 Å². The van der Waals surface area contributed by atoms with Gasteiger partial charge in [-0.25, -0.2) is 13.1 Å². The van der Waals surface area contributed by atoms with Crippen molar-refractivity contribution in [2.45, 2.75) is 23.9 Å². The van der Waals surface area contributed by atoms with E-state index in [4.69, 9.17) is 11.1 Å². The van der Waals surface area contributed by atoms with Crippen LogP contribution in [0.4, 0.5) is 0 Å². The maximum atomic E-state index is 12.7. The van der Waals surface area contributed by atoms with E-state index in [0.717, 1.165) is 11.8 Å². The molecule has 1 heterocycles. The van der Waals surface area contributed by atoms with Gasteiger partial charge in [-0.15, -0.1) is 10.2 Å². The lowest BCUT2D eigenvalue weighted by molar-refractivity contribution is -0.118. The summed E-state index contributed by atoms with van der Waals surface area (Å²) in [5.41, 5.74) is 0.490. The Kier molecular flexibility index (Phi) is 7.38. The largest absolute Gasteiger partial charge is 0.342 e. The van der Waals surface area contributed by atoms with E-state index in [-0.39, 0.29) is 28.9 Å². The number of aromatic nitrogens is 3. The molecule has 150 valence electrons. The van der Waals surface area contributed by atoms with Crippen molar-refractivity contribution in [2.75, 3.05) is 31.2 Å². The van der Waals surface area contributed by atoms with Crippen LogP contribution in [-0.2, 0) is 14.8 Å². The van der Waals surface area contributed by atoms with Crippen LogP contribution in [0.3, 0.4) is 0 Å². The number of carbonyl (C=O) groups excluding carboxylic acids is 1. The Hall–Kier alpha value is -2.62. The van der Waals surface area contributed by atoms with Gasteiger partial charge in [-0.05, 0) is 12.1 Å². The quantitative estimate of drug-likeness (QED) is 0.335. The number of thioether (sulfide) groups is 1. The lowest BCUT2D eigenvalue weighted by atomic mass is 10.2. The number of nitrogens with one attached hydrogen (secondary N) is 1. The lowest BCUT2D eigenvalue weighted by Crippen LogP contribution is -2.30. The minimum Gasteiger partial charge on any atom is -0.342 e. The van der Waals surface area contributed by atoms with Crippen LogP contribution in [0.2, 0.25) is 0 Å². The molecule has 3 N–H and O–H groups in total. The molecule has 0 unspecified atom stereocenters. The monoisotopic (exact) mass is 423 g/mol. The van der Waals surface area contributed by atoms with Crippen LogP contribution in [-0.4, -0.2) is 58.9 Å². The molecule has 2 aromatic rings. The SMILES string of the molecule is CCN(CC)S(=O)(=O)c1cccc(-c2nnc(SCC(=O)NCC#N)n2N)c1. The summed E-state index contributed by atoms with van der Waals surface area (Å²) >= 11 is 1.06. The summed E-state index contributed by atoms with van der Waals surface area (Å²) in [7, 11) is -3.62. The summed E-state index contributed by atoms with van der Waals surface area (Å²) in [4.78, 5) is 11.7. The molecule has 0 aliphatic heterocycles. The van der Waals surface area contributed by atoms with Crippen molar-refractivity contribution in [3.63, 3.8) is 0 Å². The predicted molar refractivity (Wildman–Crippen MR) is 105 cm³/mol. The van der Waals surface area contributed by atoms with E-state index in [1.54, 1.807) is 26.0 Å². The van der Waals surface area contributed by atoms with E-state index >= 15 is 0 Å². The average molecular weight is 424 g/mol. The molecule has 1 aromatic heterocycles. The number of rotatable bonds is 9. The number of nitrogens with zero attached hydrogens (tertiary/aromatic N) is 5. The predicted octanol–water partition coefficient (Wildman–Crippen LogP) is 0.421. The summed E-state index contributed by atoms with van der Waals surface area (Å²) in [5.74, 6) is 5.99. The van der Waals surface area contributed by atoms with Crippen molar-refractivity contribution >= 4 is 27.7 Å². The number of carbonyl (C=O) groups is 1. The zero-order chi connectivity index (χ0) is 20.7. The van der Waals surface area contributed by atoms with E-state index in [1.807, 2.05) is 6.07 Å². The zero-order valence-electron chi connectivity index (χ0n) is 15.5. The van der Waals surface area contributed by atoms with Crippen molar-refractivity contribution in [1.29, 1.82) is 5.26 Å². The fourth-order valence-corrected chi connectivity index (χ4v) is 4.59. The fraction of sp³-hybridized carbons (Fsp3) is 0.375. The van der Waals surface area contributed by atoms with Gasteiger partial charge in [-0.3, -0.25) is 4.79 Å². The van der Waals surface area contributed by atoms with Crippen LogP contribution in [0, 0.1) is 11.3 Å². The van der Waals surface area contributed by atoms with Gasteiger partial charge in [-0.1, -0.05) is 37.7 Å².